The number of aromatic nitrogens is 4. The van der Waals surface area contributed by atoms with Crippen LogP contribution >= 0.6 is 0 Å². The van der Waals surface area contributed by atoms with Crippen molar-refractivity contribution in [3.8, 4) is 22.3 Å². The summed E-state index contributed by atoms with van der Waals surface area (Å²) in [6.07, 6.45) is 2.61. The minimum absolute atomic E-state index is 0.00194. The number of carbonyl (C=O) groups is 4. The molecule has 0 radical (unpaired) electrons. The number of imidazole rings is 2. The highest BCUT2D eigenvalue weighted by Crippen LogP contribution is 2.29. The highest BCUT2D eigenvalue weighted by molar-refractivity contribution is 5.88. The number of rotatable bonds is 10. The van der Waals surface area contributed by atoms with E-state index in [9.17, 15) is 19.2 Å². The van der Waals surface area contributed by atoms with E-state index in [1.54, 1.807) is 11.2 Å². The summed E-state index contributed by atoms with van der Waals surface area (Å²) in [4.78, 5) is 65.0. The summed E-state index contributed by atoms with van der Waals surface area (Å²) in [5.74, 6) is 0.283. The van der Waals surface area contributed by atoms with Crippen molar-refractivity contribution in [3.63, 3.8) is 0 Å². The summed E-state index contributed by atoms with van der Waals surface area (Å²) in [5.41, 5.74) is 8.04. The number of hydrogen-bond donors (Lipinski definition) is 5. The summed E-state index contributed by atoms with van der Waals surface area (Å²) in [5, 5.41) is 8.11. The SMILES string of the molecule is COC(=O)N[C@H](C(=O)N1CCCC1)C(C)C.COC(=O)N[C@H](C(=O)N[C@@H](C)c1nc2ccc(-c3ccc(-c4ccc5nc[nH]c5c4)cc3)cc2[nH]1)C(C)C. The van der Waals surface area contributed by atoms with Crippen LogP contribution in [0.3, 0.4) is 0 Å². The Kier molecular flexibility index (Phi) is 12.9. The topological polar surface area (TPSA) is 183 Å². The number of methoxy groups -OCH3 is 2. The maximum atomic E-state index is 12.8. The Morgan fingerprint density at radius 3 is 1.76 bits per heavy atom. The number of fused-ring (bicyclic) bond motifs is 2. The van der Waals surface area contributed by atoms with E-state index in [0.717, 1.165) is 70.3 Å². The standard InChI is InChI=1S/C29H30N6O3.C11H20N2O3/c1-16(2)26(35-29(37)38-4)28(36)32-17(3)27-33-23-12-10-21(14-25(23)34-27)19-7-5-18(6-8-19)20-9-11-22-24(13-20)31-15-30-22;1-8(2)9(12-11(15)16-3)10(14)13-6-4-5-7-13/h5-17,26H,1-4H3,(H,30,31)(H,32,36)(H,33,34)(H,35,37);8-9H,4-7H2,1-3H3,(H,12,15)/t17-,26-;9-/m00/s1. The molecule has 14 nitrogen and oxygen atoms in total. The molecule has 5 N–H and O–H groups in total. The van der Waals surface area contributed by atoms with Gasteiger partial charge in [-0.3, -0.25) is 9.59 Å². The Bertz CT molecular complexity index is 2070. The Morgan fingerprint density at radius 1 is 0.685 bits per heavy atom. The van der Waals surface area contributed by atoms with Crippen LogP contribution in [0.1, 0.15) is 59.3 Å². The van der Waals surface area contributed by atoms with E-state index in [2.05, 4.69) is 87.8 Å². The number of ether oxygens (including phenoxy) is 2. The van der Waals surface area contributed by atoms with E-state index < -0.39 is 24.3 Å². The summed E-state index contributed by atoms with van der Waals surface area (Å²) in [6.45, 7) is 11.0. The van der Waals surface area contributed by atoms with Crippen LogP contribution in [-0.4, -0.2) is 88.2 Å². The molecular formula is C40H50N8O6. The van der Waals surface area contributed by atoms with Gasteiger partial charge in [-0.2, -0.15) is 0 Å². The predicted molar refractivity (Wildman–Crippen MR) is 207 cm³/mol. The lowest BCUT2D eigenvalue weighted by molar-refractivity contribution is -0.133. The molecule has 14 heteroatoms. The fourth-order valence-electron chi connectivity index (χ4n) is 6.31. The normalized spacial score (nSPS) is 14.3. The van der Waals surface area contributed by atoms with Crippen LogP contribution in [0.15, 0.2) is 67.0 Å². The number of nitrogens with one attached hydrogen (secondary N) is 5. The Labute approximate surface area is 314 Å². The molecule has 4 amide bonds. The third-order valence-electron chi connectivity index (χ3n) is 9.46. The fourth-order valence-corrected chi connectivity index (χ4v) is 6.31. The number of nitrogens with zero attached hydrogens (tertiary/aromatic N) is 3. The highest BCUT2D eigenvalue weighted by atomic mass is 16.5. The molecule has 2 aromatic heterocycles. The second-order valence-electron chi connectivity index (χ2n) is 14.0. The molecule has 286 valence electrons. The maximum Gasteiger partial charge on any atom is 0.407 e. The molecule has 3 aromatic carbocycles. The molecule has 0 spiro atoms. The number of H-pyrrole nitrogens is 2. The summed E-state index contributed by atoms with van der Waals surface area (Å²) < 4.78 is 9.17. The highest BCUT2D eigenvalue weighted by Gasteiger charge is 2.30. The van der Waals surface area contributed by atoms with Gasteiger partial charge in [0.25, 0.3) is 0 Å². The van der Waals surface area contributed by atoms with Crippen LogP contribution < -0.4 is 16.0 Å². The molecule has 1 aliphatic heterocycles. The smallest absolute Gasteiger partial charge is 0.407 e. The molecule has 54 heavy (non-hydrogen) atoms. The van der Waals surface area contributed by atoms with E-state index in [4.69, 9.17) is 0 Å². The van der Waals surface area contributed by atoms with Crippen LogP contribution in [-0.2, 0) is 19.1 Å². The molecule has 6 rings (SSSR count). The van der Waals surface area contributed by atoms with Gasteiger partial charge < -0.3 is 40.3 Å². The van der Waals surface area contributed by atoms with Crippen LogP contribution in [0.4, 0.5) is 9.59 Å². The lowest BCUT2D eigenvalue weighted by atomic mass is 10.00. The second-order valence-corrected chi connectivity index (χ2v) is 14.0. The van der Waals surface area contributed by atoms with E-state index in [-0.39, 0.29) is 29.7 Å². The van der Waals surface area contributed by atoms with Gasteiger partial charge in [0, 0.05) is 13.1 Å². The number of alkyl carbamates (subject to hydrolysis) is 2. The molecule has 0 saturated carbocycles. The Morgan fingerprint density at radius 2 is 1.20 bits per heavy atom. The molecule has 0 bridgehead atoms. The average Bonchev–Trinajstić information content (AvgIpc) is 3.96. The molecule has 1 saturated heterocycles. The van der Waals surface area contributed by atoms with Gasteiger partial charge >= 0.3 is 12.2 Å². The van der Waals surface area contributed by atoms with Gasteiger partial charge in [0.2, 0.25) is 11.8 Å². The van der Waals surface area contributed by atoms with Crippen LogP contribution in [0.2, 0.25) is 0 Å². The zero-order valence-corrected chi connectivity index (χ0v) is 31.9. The number of aromatic amines is 2. The Hall–Kier alpha value is -5.92. The zero-order valence-electron chi connectivity index (χ0n) is 31.9. The molecule has 0 unspecified atom stereocenters. The first kappa shape index (κ1) is 39.3. The summed E-state index contributed by atoms with van der Waals surface area (Å²) in [6, 6.07) is 19.1. The van der Waals surface area contributed by atoms with Crippen molar-refractivity contribution < 1.29 is 28.7 Å². The van der Waals surface area contributed by atoms with Gasteiger partial charge in [0.1, 0.15) is 17.9 Å². The lowest BCUT2D eigenvalue weighted by Gasteiger charge is -2.26. The van der Waals surface area contributed by atoms with Crippen molar-refractivity contribution in [1.29, 1.82) is 0 Å². The average molecular weight is 739 g/mol. The van der Waals surface area contributed by atoms with E-state index in [1.165, 1.54) is 14.2 Å². The predicted octanol–water partition coefficient (Wildman–Crippen LogP) is 6.32. The van der Waals surface area contributed by atoms with Gasteiger partial charge in [-0.25, -0.2) is 19.6 Å². The number of carbonyl (C=O) groups excluding carboxylic acids is 4. The van der Waals surface area contributed by atoms with Crippen molar-refractivity contribution in [2.45, 2.75) is 65.6 Å². The zero-order chi connectivity index (χ0) is 38.9. The quantitative estimate of drug-likeness (QED) is 0.110. The number of likely N-dealkylation sites (tertiary alicyclic amines) is 1. The van der Waals surface area contributed by atoms with E-state index in [1.807, 2.05) is 52.8 Å². The summed E-state index contributed by atoms with van der Waals surface area (Å²) >= 11 is 0. The maximum absolute atomic E-state index is 12.8. The molecule has 1 aliphatic rings. The monoisotopic (exact) mass is 738 g/mol. The molecule has 1 fully saturated rings. The molecule has 5 aromatic rings. The molecule has 0 aliphatic carbocycles. The van der Waals surface area contributed by atoms with Crippen molar-refractivity contribution in [2.75, 3.05) is 27.3 Å². The van der Waals surface area contributed by atoms with Crippen molar-refractivity contribution in [1.82, 2.24) is 40.8 Å². The first-order valence-corrected chi connectivity index (χ1v) is 18.2. The van der Waals surface area contributed by atoms with Gasteiger partial charge in [-0.05, 0) is 78.1 Å². The Balaban J connectivity index is 0.000000294. The molecular weight excluding hydrogens is 688 g/mol. The number of hydrogen-bond acceptors (Lipinski definition) is 8. The van der Waals surface area contributed by atoms with E-state index >= 15 is 0 Å². The van der Waals surface area contributed by atoms with Crippen LogP contribution in [0, 0.1) is 11.8 Å². The fraction of sp³-hybridized carbons (Fsp3) is 0.400. The van der Waals surface area contributed by atoms with Gasteiger partial charge in [-0.15, -0.1) is 0 Å². The van der Waals surface area contributed by atoms with Gasteiger partial charge in [-0.1, -0.05) is 64.1 Å². The second kappa shape index (κ2) is 17.7. The number of benzene rings is 3. The van der Waals surface area contributed by atoms with Gasteiger partial charge in [0.05, 0.1) is 48.7 Å². The minimum atomic E-state index is -0.717. The third kappa shape index (κ3) is 9.54. The van der Waals surface area contributed by atoms with E-state index in [0.29, 0.717) is 5.82 Å². The first-order valence-electron chi connectivity index (χ1n) is 18.2. The number of amides is 4. The largest absolute Gasteiger partial charge is 0.453 e. The lowest BCUT2D eigenvalue weighted by Crippen LogP contribution is -2.50. The van der Waals surface area contributed by atoms with Crippen LogP contribution in [0.5, 0.6) is 0 Å². The van der Waals surface area contributed by atoms with Gasteiger partial charge in [0.15, 0.2) is 0 Å². The van der Waals surface area contributed by atoms with Crippen molar-refractivity contribution in [2.24, 2.45) is 11.8 Å². The minimum Gasteiger partial charge on any atom is -0.453 e. The molecule has 3 atom stereocenters. The van der Waals surface area contributed by atoms with Crippen molar-refractivity contribution in [3.05, 3.63) is 72.8 Å². The first-order chi connectivity index (χ1) is 25.9. The third-order valence-corrected chi connectivity index (χ3v) is 9.46. The molecule has 3 heterocycles. The van der Waals surface area contributed by atoms with Crippen molar-refractivity contribution >= 4 is 46.1 Å². The van der Waals surface area contributed by atoms with Crippen LogP contribution in [0.25, 0.3) is 44.3 Å². The summed E-state index contributed by atoms with van der Waals surface area (Å²) in [7, 11) is 2.57.